The molecule has 1 unspecified atom stereocenters. The number of rotatable bonds is 2. The van der Waals surface area contributed by atoms with E-state index < -0.39 is 0 Å². The van der Waals surface area contributed by atoms with Crippen molar-refractivity contribution in [2.24, 2.45) is 0 Å². The highest BCUT2D eigenvalue weighted by atomic mass is 79.9. The quantitative estimate of drug-likeness (QED) is 0.527. The number of hydrogen-bond acceptors (Lipinski definition) is 1. The molecule has 0 N–H and O–H groups in total. The summed E-state index contributed by atoms with van der Waals surface area (Å²) in [6, 6.07) is 8.16. The molecule has 0 aliphatic rings. The normalized spacial score (nSPS) is 12.8. The van der Waals surface area contributed by atoms with Crippen LogP contribution in [0.15, 0.2) is 28.7 Å². The molecule has 90 valence electrons. The fourth-order valence-electron chi connectivity index (χ4n) is 1.78. The van der Waals surface area contributed by atoms with Crippen molar-refractivity contribution in [3.8, 4) is 0 Å². The summed E-state index contributed by atoms with van der Waals surface area (Å²) in [5.74, 6) is 0. The molecule has 0 aliphatic heterocycles. The first-order valence-electron chi connectivity index (χ1n) is 5.15. The minimum absolute atomic E-state index is 0.150. The molecule has 1 atom stereocenters. The second kappa shape index (κ2) is 5.43. The third-order valence-corrected chi connectivity index (χ3v) is 5.39. The molecule has 17 heavy (non-hydrogen) atoms. The predicted octanol–water partition coefficient (Wildman–Crippen LogP) is 6.27. The number of aryl methyl sites for hydroxylation is 2. The van der Waals surface area contributed by atoms with Crippen LogP contribution in [0.5, 0.6) is 0 Å². The molecule has 1 aromatic carbocycles. The van der Waals surface area contributed by atoms with Crippen LogP contribution in [-0.4, -0.2) is 0 Å². The topological polar surface area (TPSA) is 0 Å². The van der Waals surface area contributed by atoms with Crippen LogP contribution >= 0.6 is 54.8 Å². The van der Waals surface area contributed by atoms with Crippen molar-refractivity contribution >= 4 is 54.8 Å². The Kier molecular flexibility index (Phi) is 4.35. The molecule has 2 rings (SSSR count). The van der Waals surface area contributed by atoms with Gasteiger partial charge in [-0.3, -0.25) is 0 Å². The maximum Gasteiger partial charge on any atom is 0.0670 e. The van der Waals surface area contributed by atoms with Crippen molar-refractivity contribution in [2.75, 3.05) is 0 Å². The molecular formula is C13H11Br2ClS. The summed E-state index contributed by atoms with van der Waals surface area (Å²) in [6.07, 6.45) is 0. The number of benzene rings is 1. The second-order valence-electron chi connectivity index (χ2n) is 3.90. The van der Waals surface area contributed by atoms with Gasteiger partial charge >= 0.3 is 0 Å². The van der Waals surface area contributed by atoms with E-state index in [1.807, 2.05) is 23.5 Å². The van der Waals surface area contributed by atoms with Crippen LogP contribution in [-0.2, 0) is 0 Å². The number of hydrogen-bond donors (Lipinski definition) is 0. The molecule has 4 heteroatoms. The number of halogens is 3. The van der Waals surface area contributed by atoms with E-state index in [0.717, 1.165) is 15.1 Å². The van der Waals surface area contributed by atoms with Gasteiger partial charge in [0.2, 0.25) is 0 Å². The molecule has 0 aliphatic carbocycles. The minimum atomic E-state index is 0.150. The molecule has 0 amide bonds. The SMILES string of the molecule is Cc1cc(C(Br)c2cc(Br)ccc2Cl)c(C)s1. The first-order valence-corrected chi connectivity index (χ1v) is 8.05. The zero-order valence-electron chi connectivity index (χ0n) is 9.43. The van der Waals surface area contributed by atoms with Gasteiger partial charge in [-0.15, -0.1) is 11.3 Å². The first kappa shape index (κ1) is 13.6. The Hall–Kier alpha value is 0.170. The molecule has 0 bridgehead atoms. The van der Waals surface area contributed by atoms with Crippen LogP contribution in [0.3, 0.4) is 0 Å². The average molecular weight is 395 g/mol. The molecule has 0 radical (unpaired) electrons. The van der Waals surface area contributed by atoms with E-state index in [2.05, 4.69) is 57.8 Å². The number of thiophene rings is 1. The summed E-state index contributed by atoms with van der Waals surface area (Å²) in [5.41, 5.74) is 2.40. The fourth-order valence-corrected chi connectivity index (χ4v) is 4.49. The summed E-state index contributed by atoms with van der Waals surface area (Å²) >= 11 is 15.3. The van der Waals surface area contributed by atoms with Gasteiger partial charge in [0.15, 0.2) is 0 Å². The molecular weight excluding hydrogens is 383 g/mol. The van der Waals surface area contributed by atoms with Gasteiger partial charge in [0.05, 0.1) is 4.83 Å². The van der Waals surface area contributed by atoms with E-state index in [9.17, 15) is 0 Å². The largest absolute Gasteiger partial charge is 0.146 e. The molecule has 0 saturated heterocycles. The third-order valence-electron chi connectivity index (χ3n) is 2.58. The third kappa shape index (κ3) is 2.95. The Morgan fingerprint density at radius 3 is 2.47 bits per heavy atom. The lowest BCUT2D eigenvalue weighted by molar-refractivity contribution is 1.16. The predicted molar refractivity (Wildman–Crippen MR) is 83.7 cm³/mol. The zero-order valence-corrected chi connectivity index (χ0v) is 14.2. The van der Waals surface area contributed by atoms with Gasteiger partial charge in [0.1, 0.15) is 0 Å². The lowest BCUT2D eigenvalue weighted by Crippen LogP contribution is -1.94. The van der Waals surface area contributed by atoms with Crippen LogP contribution < -0.4 is 0 Å². The van der Waals surface area contributed by atoms with Crippen LogP contribution in [0, 0.1) is 13.8 Å². The van der Waals surface area contributed by atoms with Crippen LogP contribution in [0.25, 0.3) is 0 Å². The second-order valence-corrected chi connectivity index (χ2v) is 7.60. The lowest BCUT2D eigenvalue weighted by atomic mass is 10.1. The Labute approximate surface area is 127 Å². The Morgan fingerprint density at radius 1 is 1.18 bits per heavy atom. The molecule has 0 saturated carbocycles. The molecule has 1 heterocycles. The monoisotopic (exact) mass is 392 g/mol. The number of alkyl halides is 1. The van der Waals surface area contributed by atoms with Crippen LogP contribution in [0.2, 0.25) is 5.02 Å². The van der Waals surface area contributed by atoms with E-state index in [1.165, 1.54) is 15.3 Å². The van der Waals surface area contributed by atoms with Gasteiger partial charge in [0.25, 0.3) is 0 Å². The van der Waals surface area contributed by atoms with Crippen LogP contribution in [0.1, 0.15) is 25.7 Å². The minimum Gasteiger partial charge on any atom is -0.146 e. The van der Waals surface area contributed by atoms with Crippen molar-refractivity contribution in [3.63, 3.8) is 0 Å². The standard InChI is InChI=1S/C13H11Br2ClS/c1-7-5-10(8(2)17-7)13(15)11-6-9(14)3-4-12(11)16/h3-6,13H,1-2H3. The van der Waals surface area contributed by atoms with Crippen molar-refractivity contribution in [1.82, 2.24) is 0 Å². The van der Waals surface area contributed by atoms with E-state index in [0.29, 0.717) is 0 Å². The van der Waals surface area contributed by atoms with Crippen molar-refractivity contribution < 1.29 is 0 Å². The van der Waals surface area contributed by atoms with Gasteiger partial charge in [0, 0.05) is 19.2 Å². The van der Waals surface area contributed by atoms with Gasteiger partial charge < -0.3 is 0 Å². The van der Waals surface area contributed by atoms with Crippen molar-refractivity contribution in [3.05, 3.63) is 54.6 Å². The van der Waals surface area contributed by atoms with Gasteiger partial charge in [-0.25, -0.2) is 0 Å². The fraction of sp³-hybridized carbons (Fsp3) is 0.231. The molecule has 1 aromatic heterocycles. The molecule has 2 aromatic rings. The smallest absolute Gasteiger partial charge is 0.0670 e. The Morgan fingerprint density at radius 2 is 1.88 bits per heavy atom. The van der Waals surface area contributed by atoms with E-state index in [1.54, 1.807) is 0 Å². The van der Waals surface area contributed by atoms with Gasteiger partial charge in [-0.1, -0.05) is 43.5 Å². The average Bonchev–Trinajstić information content (AvgIpc) is 2.60. The summed E-state index contributed by atoms with van der Waals surface area (Å²) in [4.78, 5) is 2.81. The highest BCUT2D eigenvalue weighted by Gasteiger charge is 2.17. The molecule has 0 spiro atoms. The molecule has 0 nitrogen and oxygen atoms in total. The lowest BCUT2D eigenvalue weighted by Gasteiger charge is -2.12. The summed E-state index contributed by atoms with van der Waals surface area (Å²) in [5, 5.41) is 0.790. The van der Waals surface area contributed by atoms with E-state index in [-0.39, 0.29) is 4.83 Å². The summed E-state index contributed by atoms with van der Waals surface area (Å²) in [6.45, 7) is 4.27. The highest BCUT2D eigenvalue weighted by Crippen LogP contribution is 2.40. The first-order chi connectivity index (χ1) is 7.99. The highest BCUT2D eigenvalue weighted by molar-refractivity contribution is 9.10. The zero-order chi connectivity index (χ0) is 12.6. The van der Waals surface area contributed by atoms with Crippen molar-refractivity contribution in [2.45, 2.75) is 18.7 Å². The van der Waals surface area contributed by atoms with Crippen LogP contribution in [0.4, 0.5) is 0 Å². The van der Waals surface area contributed by atoms with Gasteiger partial charge in [-0.2, -0.15) is 0 Å². The summed E-state index contributed by atoms with van der Waals surface area (Å²) < 4.78 is 1.05. The Balaban J connectivity index is 2.46. The Bertz CT molecular complexity index is 548. The van der Waals surface area contributed by atoms with E-state index >= 15 is 0 Å². The molecule has 0 fully saturated rings. The summed E-state index contributed by atoms with van der Waals surface area (Å²) in [7, 11) is 0. The van der Waals surface area contributed by atoms with Gasteiger partial charge in [-0.05, 0) is 49.2 Å². The van der Waals surface area contributed by atoms with E-state index in [4.69, 9.17) is 11.6 Å². The maximum absolute atomic E-state index is 6.25. The van der Waals surface area contributed by atoms with Crippen molar-refractivity contribution in [1.29, 1.82) is 0 Å². The maximum atomic E-state index is 6.25.